The summed E-state index contributed by atoms with van der Waals surface area (Å²) in [4.78, 5) is 18.8. The lowest BCUT2D eigenvalue weighted by Gasteiger charge is -2.27. The highest BCUT2D eigenvalue weighted by atomic mass is 16.5. The molecule has 0 bridgehead atoms. The van der Waals surface area contributed by atoms with Gasteiger partial charge in [-0.05, 0) is 49.9 Å². The van der Waals surface area contributed by atoms with Gasteiger partial charge in [-0.15, -0.1) is 0 Å². The van der Waals surface area contributed by atoms with Crippen LogP contribution in [0.5, 0.6) is 0 Å². The van der Waals surface area contributed by atoms with Gasteiger partial charge in [0.25, 0.3) is 0 Å². The molecule has 0 unspecified atom stereocenters. The van der Waals surface area contributed by atoms with Gasteiger partial charge in [0, 0.05) is 37.9 Å². The lowest BCUT2D eigenvalue weighted by atomic mass is 10.1. The van der Waals surface area contributed by atoms with E-state index >= 15 is 0 Å². The van der Waals surface area contributed by atoms with Crippen molar-refractivity contribution in [2.24, 2.45) is 5.73 Å². The first-order valence-electron chi connectivity index (χ1n) is 12.6. The SMILES string of the molecule is NCCCCN(c1ccc(CN2CCOCC2)cc1)c1nc(N)c2ncn(C3CCCC3)c2n1. The first-order valence-corrected chi connectivity index (χ1v) is 12.6. The Labute approximate surface area is 201 Å². The number of nitrogen functional groups attached to an aromatic ring is 1. The van der Waals surface area contributed by atoms with Crippen LogP contribution < -0.4 is 16.4 Å². The first-order chi connectivity index (χ1) is 16.7. The number of unbranched alkanes of at least 4 members (excludes halogenated alkanes) is 1. The minimum absolute atomic E-state index is 0.435. The minimum Gasteiger partial charge on any atom is -0.382 e. The summed E-state index contributed by atoms with van der Waals surface area (Å²) >= 11 is 0. The summed E-state index contributed by atoms with van der Waals surface area (Å²) in [6.45, 7) is 5.97. The average Bonchev–Trinajstić information content (AvgIpc) is 3.53. The molecule has 9 heteroatoms. The maximum absolute atomic E-state index is 6.38. The smallest absolute Gasteiger partial charge is 0.234 e. The molecule has 3 heterocycles. The van der Waals surface area contributed by atoms with E-state index in [1.165, 1.54) is 18.4 Å². The zero-order valence-corrected chi connectivity index (χ0v) is 19.9. The molecule has 0 radical (unpaired) electrons. The highest BCUT2D eigenvalue weighted by molar-refractivity contribution is 5.83. The Morgan fingerprint density at radius 2 is 1.79 bits per heavy atom. The molecule has 0 spiro atoms. The summed E-state index contributed by atoms with van der Waals surface area (Å²) in [5, 5.41) is 0. The standard InChI is InChI=1S/C25H36N8O/c26-11-3-4-12-32(21-9-7-19(8-10-21)17-31-13-15-34-16-14-31)25-29-23(27)22-24(30-25)33(18-28-22)20-5-1-2-6-20/h7-10,18,20H,1-6,11-17,26H2,(H2,27,29,30). The van der Waals surface area contributed by atoms with Crippen LogP contribution in [0.3, 0.4) is 0 Å². The predicted octanol–water partition coefficient (Wildman–Crippen LogP) is 3.23. The minimum atomic E-state index is 0.435. The topological polar surface area (TPSA) is 111 Å². The number of fused-ring (bicyclic) bond motifs is 1. The Bertz CT molecular complexity index is 1070. The molecule has 5 rings (SSSR count). The number of morpholine rings is 1. The summed E-state index contributed by atoms with van der Waals surface area (Å²) in [6, 6.07) is 9.17. The van der Waals surface area contributed by atoms with Gasteiger partial charge in [0.15, 0.2) is 11.5 Å². The quantitative estimate of drug-likeness (QED) is 0.464. The summed E-state index contributed by atoms with van der Waals surface area (Å²) in [5.41, 5.74) is 16.0. The number of hydrogen-bond acceptors (Lipinski definition) is 8. The summed E-state index contributed by atoms with van der Waals surface area (Å²) in [6.07, 6.45) is 8.61. The molecule has 0 atom stereocenters. The second-order valence-electron chi connectivity index (χ2n) is 9.37. The van der Waals surface area contributed by atoms with Gasteiger partial charge in [-0.2, -0.15) is 9.97 Å². The Balaban J connectivity index is 1.43. The van der Waals surface area contributed by atoms with Crippen LogP contribution in [0.25, 0.3) is 11.2 Å². The second kappa shape index (κ2) is 10.7. The Hall–Kier alpha value is -2.75. The number of nitrogens with zero attached hydrogens (tertiary/aromatic N) is 6. The third-order valence-corrected chi connectivity index (χ3v) is 6.99. The summed E-state index contributed by atoms with van der Waals surface area (Å²) in [5.74, 6) is 1.06. The van der Waals surface area contributed by atoms with Crippen LogP contribution in [-0.4, -0.2) is 63.8 Å². The van der Waals surface area contributed by atoms with E-state index in [2.05, 4.69) is 48.6 Å². The Morgan fingerprint density at radius 3 is 2.53 bits per heavy atom. The number of aromatic nitrogens is 4. The fourth-order valence-corrected chi connectivity index (χ4v) is 5.05. The van der Waals surface area contributed by atoms with E-state index < -0.39 is 0 Å². The monoisotopic (exact) mass is 464 g/mol. The Kier molecular flexibility index (Phi) is 7.22. The molecule has 2 aromatic heterocycles. The molecule has 1 aromatic carbocycles. The molecule has 0 amide bonds. The van der Waals surface area contributed by atoms with Gasteiger partial charge in [0.1, 0.15) is 5.52 Å². The van der Waals surface area contributed by atoms with Gasteiger partial charge in [0.05, 0.1) is 19.5 Å². The summed E-state index contributed by atoms with van der Waals surface area (Å²) in [7, 11) is 0. The van der Waals surface area contributed by atoms with Crippen LogP contribution in [0.15, 0.2) is 30.6 Å². The van der Waals surface area contributed by atoms with Crippen molar-refractivity contribution in [1.29, 1.82) is 0 Å². The lowest BCUT2D eigenvalue weighted by Crippen LogP contribution is -2.35. The molecular weight excluding hydrogens is 428 g/mol. The van der Waals surface area contributed by atoms with E-state index in [1.54, 1.807) is 0 Å². The fourth-order valence-electron chi connectivity index (χ4n) is 5.05. The molecule has 1 saturated heterocycles. The zero-order valence-electron chi connectivity index (χ0n) is 19.9. The highest BCUT2D eigenvalue weighted by Crippen LogP contribution is 2.33. The first kappa shape index (κ1) is 23.0. The van der Waals surface area contributed by atoms with Crippen LogP contribution in [-0.2, 0) is 11.3 Å². The average molecular weight is 465 g/mol. The highest BCUT2D eigenvalue weighted by Gasteiger charge is 2.23. The molecule has 1 saturated carbocycles. The van der Waals surface area contributed by atoms with Crippen molar-refractivity contribution in [2.45, 2.75) is 51.1 Å². The number of hydrogen-bond donors (Lipinski definition) is 2. The third kappa shape index (κ3) is 5.01. The van der Waals surface area contributed by atoms with Crippen molar-refractivity contribution in [3.63, 3.8) is 0 Å². The van der Waals surface area contributed by atoms with Crippen molar-refractivity contribution < 1.29 is 4.74 Å². The lowest BCUT2D eigenvalue weighted by molar-refractivity contribution is 0.0342. The number of anilines is 3. The molecule has 2 aliphatic rings. The maximum Gasteiger partial charge on any atom is 0.234 e. The largest absolute Gasteiger partial charge is 0.382 e. The van der Waals surface area contributed by atoms with Crippen LogP contribution in [0.1, 0.15) is 50.1 Å². The van der Waals surface area contributed by atoms with E-state index in [4.69, 9.17) is 21.2 Å². The zero-order chi connectivity index (χ0) is 23.3. The molecule has 1 aliphatic carbocycles. The number of rotatable bonds is 9. The van der Waals surface area contributed by atoms with Gasteiger partial charge in [0.2, 0.25) is 5.95 Å². The Morgan fingerprint density at radius 1 is 1.03 bits per heavy atom. The van der Waals surface area contributed by atoms with Crippen LogP contribution >= 0.6 is 0 Å². The molecule has 182 valence electrons. The number of imidazole rings is 1. The van der Waals surface area contributed by atoms with Gasteiger partial charge in [-0.1, -0.05) is 25.0 Å². The van der Waals surface area contributed by atoms with E-state index in [9.17, 15) is 0 Å². The van der Waals surface area contributed by atoms with Gasteiger partial charge in [-0.3, -0.25) is 4.90 Å². The molecule has 1 aliphatic heterocycles. The van der Waals surface area contributed by atoms with Crippen molar-refractivity contribution in [2.75, 3.05) is 50.0 Å². The second-order valence-corrected chi connectivity index (χ2v) is 9.37. The summed E-state index contributed by atoms with van der Waals surface area (Å²) < 4.78 is 7.67. The van der Waals surface area contributed by atoms with Gasteiger partial charge < -0.3 is 25.7 Å². The predicted molar refractivity (Wildman–Crippen MR) is 135 cm³/mol. The van der Waals surface area contributed by atoms with E-state index in [0.29, 0.717) is 29.9 Å². The molecule has 3 aromatic rings. The molecule has 34 heavy (non-hydrogen) atoms. The van der Waals surface area contributed by atoms with E-state index in [0.717, 1.165) is 76.4 Å². The van der Waals surface area contributed by atoms with Crippen LogP contribution in [0.2, 0.25) is 0 Å². The fraction of sp³-hybridized carbons (Fsp3) is 0.560. The molecule has 2 fully saturated rings. The maximum atomic E-state index is 6.38. The number of ether oxygens (including phenoxy) is 1. The molecular formula is C25H36N8O. The van der Waals surface area contributed by atoms with Crippen molar-refractivity contribution in [3.8, 4) is 0 Å². The van der Waals surface area contributed by atoms with Gasteiger partial charge in [-0.25, -0.2) is 4.98 Å². The molecule has 4 N–H and O–H groups in total. The van der Waals surface area contributed by atoms with Crippen LogP contribution in [0.4, 0.5) is 17.5 Å². The normalized spacial score (nSPS) is 17.6. The van der Waals surface area contributed by atoms with Crippen molar-refractivity contribution in [3.05, 3.63) is 36.2 Å². The number of benzene rings is 1. The van der Waals surface area contributed by atoms with Crippen molar-refractivity contribution >= 4 is 28.6 Å². The number of nitrogens with two attached hydrogens (primary N) is 2. The molecule has 9 nitrogen and oxygen atoms in total. The van der Waals surface area contributed by atoms with Crippen molar-refractivity contribution in [1.82, 2.24) is 24.4 Å². The van der Waals surface area contributed by atoms with Crippen LogP contribution in [0, 0.1) is 0 Å². The van der Waals surface area contributed by atoms with E-state index in [-0.39, 0.29) is 0 Å². The third-order valence-electron chi connectivity index (χ3n) is 6.99. The van der Waals surface area contributed by atoms with Gasteiger partial charge >= 0.3 is 0 Å². The van der Waals surface area contributed by atoms with E-state index in [1.807, 2.05) is 6.33 Å².